The number of nitrogens with zero attached hydrogens (tertiary/aromatic N) is 2. The van der Waals surface area contributed by atoms with Crippen molar-refractivity contribution in [3.63, 3.8) is 0 Å². The van der Waals surface area contributed by atoms with Gasteiger partial charge in [-0.15, -0.1) is 0 Å². The molecule has 1 aliphatic heterocycles. The Morgan fingerprint density at radius 2 is 1.82 bits per heavy atom. The average molecular weight is 702 g/mol. The number of hydrogen-bond donors (Lipinski definition) is 4. The summed E-state index contributed by atoms with van der Waals surface area (Å²) in [7, 11) is 0. The molecule has 2 unspecified atom stereocenters. The van der Waals surface area contributed by atoms with E-state index in [1.807, 2.05) is 0 Å². The van der Waals surface area contributed by atoms with E-state index in [9.17, 15) is 4.79 Å². The fraction of sp³-hybridized carbons (Fsp3) is 0.800. The van der Waals surface area contributed by atoms with Crippen LogP contribution in [0.3, 0.4) is 0 Å². The van der Waals surface area contributed by atoms with E-state index >= 15 is 0 Å². The molecule has 132 valence electrons. The fourth-order valence-corrected chi connectivity index (χ4v) is 0.552. The van der Waals surface area contributed by atoms with Gasteiger partial charge in [0, 0.05) is 0 Å². The molecule has 2 atom stereocenters. The predicted octanol–water partition coefficient (Wildman–Crippen LogP) is 1.55. The van der Waals surface area contributed by atoms with Gasteiger partial charge in [0.05, 0.1) is 18.8 Å². The third-order valence-electron chi connectivity index (χ3n) is 1.66. The Morgan fingerprint density at radius 1 is 1.45 bits per heavy atom. The molecule has 0 aromatic carbocycles. The Hall–Kier alpha value is 0.537. The van der Waals surface area contributed by atoms with Crippen molar-refractivity contribution in [3.8, 4) is 0 Å². The number of aliphatic hydroxyl groups excluding tert-OH is 1. The van der Waals surface area contributed by atoms with Crippen molar-refractivity contribution in [1.29, 1.82) is 0 Å². The van der Waals surface area contributed by atoms with Crippen LogP contribution >= 0.6 is 25.6 Å². The first-order valence-electron chi connectivity index (χ1n) is 6.72. The minimum atomic E-state index is -1.58. The van der Waals surface area contributed by atoms with Gasteiger partial charge in [-0.3, -0.25) is 9.59 Å². The molecule has 0 amide bonds. The number of rotatable bonds is 4. The number of carbonyl (C=O) groups excluding carboxylic acids is 1. The summed E-state index contributed by atoms with van der Waals surface area (Å²) in [5.41, 5.74) is 0. The monoisotopic (exact) mass is 702 g/mol. The number of hydrogen-bond acceptors (Lipinski definition) is 9. The van der Waals surface area contributed by atoms with Gasteiger partial charge in [0.15, 0.2) is 2.74 Å². The molecule has 0 bridgehead atoms. The zero-order valence-corrected chi connectivity index (χ0v) is 19.8. The molecule has 1 saturated heterocycles. The minimum absolute atomic E-state index is 0.0706. The maximum absolute atomic E-state index is 9.80. The number of epoxide rings is 1. The summed E-state index contributed by atoms with van der Waals surface area (Å²) in [6, 6.07) is 0. The molecule has 1 heterocycles. The molecule has 12 heteroatoms. The molecule has 0 spiro atoms. The van der Waals surface area contributed by atoms with Crippen molar-refractivity contribution in [1.82, 2.24) is 0 Å². The summed E-state index contributed by atoms with van der Waals surface area (Å²) in [5.74, 6) is 0. The summed E-state index contributed by atoms with van der Waals surface area (Å²) < 4.78 is 27.4. The Balaban J connectivity index is -0.000000114. The van der Waals surface area contributed by atoms with E-state index in [0.717, 1.165) is 45.9 Å². The summed E-state index contributed by atoms with van der Waals surface area (Å²) in [6.45, 7) is 4.84. The van der Waals surface area contributed by atoms with Crippen molar-refractivity contribution in [2.75, 3.05) is 13.2 Å². The van der Waals surface area contributed by atoms with Crippen LogP contribution in [0.1, 0.15) is 29.4 Å². The Kier molecular flexibility index (Phi) is 37.4. The van der Waals surface area contributed by atoms with Crippen LogP contribution in [0, 0.1) is 0 Å². The molecule has 22 heavy (non-hydrogen) atoms. The topological polar surface area (TPSA) is 121 Å². The number of ether oxygens (including phenoxy) is 2. The van der Waals surface area contributed by atoms with Gasteiger partial charge in [0.1, 0.15) is 6.61 Å². The average Bonchev–Trinajstić information content (AvgIpc) is 3.30. The summed E-state index contributed by atoms with van der Waals surface area (Å²) >= 11 is 9.22. The second-order valence-corrected chi connectivity index (χ2v) is 6.92. The standard InChI is InChI=1S/C5H10O3.C4H8O.CH2O2.2HNS.2W/c1-2-5(7)3-8-4-6;1-2-4-3-5-4;2-1-3;2*1-2;;/h4-5,7H,2-3H2,1H3;4H,2-3H2,1H3;1H,(H,2,3);2*2H;;/i4T;;1T;;;;. The van der Waals surface area contributed by atoms with Gasteiger partial charge in [-0.2, -0.15) is 0 Å². The van der Waals surface area contributed by atoms with E-state index in [4.69, 9.17) is 22.5 Å². The molecule has 0 radical (unpaired) electrons. The van der Waals surface area contributed by atoms with Crippen LogP contribution in [0.15, 0.2) is 5.80 Å². The Bertz CT molecular complexity index is 322. The van der Waals surface area contributed by atoms with Gasteiger partial charge < -0.3 is 19.7 Å². The van der Waals surface area contributed by atoms with Crippen molar-refractivity contribution < 1.29 is 71.3 Å². The number of thiol groups is 2. The molecule has 0 saturated carbocycles. The van der Waals surface area contributed by atoms with Gasteiger partial charge in [0.2, 0.25) is 0 Å². The van der Waals surface area contributed by atoms with Gasteiger partial charge in [-0.05, 0) is 12.8 Å². The maximum Gasteiger partial charge on any atom is 0.293 e. The fourth-order valence-electron chi connectivity index (χ4n) is 0.552. The molecular weight excluding hydrogens is 676 g/mol. The van der Waals surface area contributed by atoms with Crippen molar-refractivity contribution in [3.05, 3.63) is 0 Å². The van der Waals surface area contributed by atoms with Crippen LogP contribution in [0.25, 0.3) is 0 Å². The molecule has 0 aromatic heterocycles. The van der Waals surface area contributed by atoms with Crippen molar-refractivity contribution >= 4 is 38.5 Å². The van der Waals surface area contributed by atoms with Crippen LogP contribution in [0.5, 0.6) is 0 Å². The molecule has 2 N–H and O–H groups in total. The van der Waals surface area contributed by atoms with E-state index in [1.54, 1.807) is 6.92 Å². The second kappa shape index (κ2) is 33.2. The molecule has 1 rings (SSSR count). The zero-order valence-electron chi connectivity index (χ0n) is 14.1. The Labute approximate surface area is 167 Å². The van der Waals surface area contributed by atoms with E-state index in [-0.39, 0.29) is 6.61 Å². The van der Waals surface area contributed by atoms with E-state index in [1.165, 1.54) is 6.42 Å². The van der Waals surface area contributed by atoms with Crippen molar-refractivity contribution in [2.45, 2.75) is 38.9 Å². The van der Waals surface area contributed by atoms with Gasteiger partial charge in [0.25, 0.3) is 12.9 Å². The zero-order chi connectivity index (χ0) is 20.0. The van der Waals surface area contributed by atoms with E-state index in [0.29, 0.717) is 12.5 Å². The third kappa shape index (κ3) is 58.9. The normalized spacial score (nSPS) is 15.4. The first kappa shape index (κ1) is 24.8. The minimum Gasteiger partial charge on any atom is -0.483 e. The molecule has 1 aliphatic rings. The van der Waals surface area contributed by atoms with Crippen LogP contribution in [0.4, 0.5) is 0 Å². The van der Waals surface area contributed by atoms with Gasteiger partial charge in [-0.1, -0.05) is 13.8 Å². The molecule has 8 nitrogen and oxygen atoms in total. The summed E-state index contributed by atoms with van der Waals surface area (Å²) in [4.78, 5) is 18.5. The molecule has 0 aliphatic carbocycles. The summed E-state index contributed by atoms with van der Waals surface area (Å²) in [5, 5.41) is 15.8. The van der Waals surface area contributed by atoms with Gasteiger partial charge in [-0.25, -0.2) is 0 Å². The quantitative estimate of drug-likeness (QED) is 0.201. The van der Waals surface area contributed by atoms with Crippen molar-refractivity contribution in [2.24, 2.45) is 5.80 Å². The Morgan fingerprint density at radius 3 is 1.95 bits per heavy atom. The van der Waals surface area contributed by atoms with Crippen LogP contribution < -0.4 is 0 Å². The second-order valence-electron chi connectivity index (χ2n) is 3.07. The number of aliphatic hydroxyl groups is 1. The van der Waals surface area contributed by atoms with Gasteiger partial charge >= 0.3 is 70.7 Å². The smallest absolute Gasteiger partial charge is 0.293 e. The largest absolute Gasteiger partial charge is 0.483 e. The predicted molar refractivity (Wildman–Crippen MR) is 79.9 cm³/mol. The number of carboxylic acid groups (broad SMARTS) is 1. The van der Waals surface area contributed by atoms with Crippen LogP contribution in [0.2, 0.25) is 0 Å². The van der Waals surface area contributed by atoms with E-state index in [2.05, 4.69) is 43.1 Å². The van der Waals surface area contributed by atoms with Crippen LogP contribution in [-0.4, -0.2) is 48.5 Å². The third-order valence-corrected chi connectivity index (χ3v) is 1.66. The first-order chi connectivity index (χ1) is 11.2. The van der Waals surface area contributed by atoms with E-state index < -0.39 is 19.0 Å². The summed E-state index contributed by atoms with van der Waals surface area (Å²) in [6.07, 6.45) is -0.940. The number of carbonyl (C=O) groups is 2. The molecule has 0 aromatic rings. The molecule has 1 fully saturated rings. The maximum atomic E-state index is 9.80. The SMILES string of the molecule is CCC1CO1.S[N]=[W].S[N]=[W].[3H]C(=O)O.[3H]C(=O)OCC(O)CC. The van der Waals surface area contributed by atoms with Crippen LogP contribution in [-0.2, 0) is 58.3 Å². The molecular formula is C10H22N2O6S2W2. The first-order valence-corrected chi connectivity index (χ1v) is 9.14.